The molecule has 0 spiro atoms. The highest BCUT2D eigenvalue weighted by Crippen LogP contribution is 2.38. The van der Waals surface area contributed by atoms with Crippen LogP contribution in [0.25, 0.3) is 17.1 Å². The third-order valence-corrected chi connectivity index (χ3v) is 8.83. The van der Waals surface area contributed by atoms with E-state index in [1.165, 1.54) is 27.9 Å². The zero-order chi connectivity index (χ0) is 32.1. The van der Waals surface area contributed by atoms with Gasteiger partial charge in [-0.3, -0.25) is 14.9 Å². The molecule has 9 heteroatoms. The SMILES string of the molecule is CCC(C)(C)c1ccc(OCCCCNC(=O)c2cc(-c3cccn3C)nn2-c2ccc([N+](=O)[O-])cc2)c(C(C)(C)CC)c1. The summed E-state index contributed by atoms with van der Waals surface area (Å²) in [5.41, 5.74) is 5.04. The van der Waals surface area contributed by atoms with Crippen molar-refractivity contribution in [3.8, 4) is 22.8 Å². The Morgan fingerprint density at radius 1 is 0.977 bits per heavy atom. The van der Waals surface area contributed by atoms with Crippen molar-refractivity contribution in [3.05, 3.63) is 93.8 Å². The average molecular weight is 600 g/mol. The van der Waals surface area contributed by atoms with Crippen molar-refractivity contribution < 1.29 is 14.5 Å². The summed E-state index contributed by atoms with van der Waals surface area (Å²) in [5, 5.41) is 18.8. The number of nitrogens with one attached hydrogen (secondary N) is 1. The van der Waals surface area contributed by atoms with E-state index in [1.807, 2.05) is 29.9 Å². The van der Waals surface area contributed by atoms with E-state index >= 15 is 0 Å². The number of benzene rings is 2. The van der Waals surface area contributed by atoms with Crippen LogP contribution in [0, 0.1) is 10.1 Å². The number of aromatic nitrogens is 3. The molecule has 0 saturated carbocycles. The predicted molar refractivity (Wildman–Crippen MR) is 175 cm³/mol. The van der Waals surface area contributed by atoms with Crippen LogP contribution in [-0.2, 0) is 17.9 Å². The van der Waals surface area contributed by atoms with Gasteiger partial charge in [0.2, 0.25) is 0 Å². The number of amides is 1. The van der Waals surface area contributed by atoms with Gasteiger partial charge in [0.15, 0.2) is 0 Å². The van der Waals surface area contributed by atoms with E-state index in [4.69, 9.17) is 4.74 Å². The molecule has 1 amide bonds. The van der Waals surface area contributed by atoms with Gasteiger partial charge in [0.05, 0.1) is 22.9 Å². The third-order valence-electron chi connectivity index (χ3n) is 8.83. The van der Waals surface area contributed by atoms with Crippen LogP contribution in [0.3, 0.4) is 0 Å². The van der Waals surface area contributed by atoms with Gasteiger partial charge in [0, 0.05) is 37.5 Å². The molecule has 0 aliphatic rings. The maximum Gasteiger partial charge on any atom is 0.270 e. The fourth-order valence-electron chi connectivity index (χ4n) is 5.01. The molecular formula is C35H45N5O4. The predicted octanol–water partition coefficient (Wildman–Crippen LogP) is 7.75. The van der Waals surface area contributed by atoms with Crippen molar-refractivity contribution >= 4 is 11.6 Å². The highest BCUT2D eigenvalue weighted by atomic mass is 16.6. The van der Waals surface area contributed by atoms with E-state index in [0.717, 1.165) is 37.1 Å². The molecule has 0 bridgehead atoms. The Bertz CT molecular complexity index is 1600. The second-order valence-electron chi connectivity index (χ2n) is 12.6. The number of nitro groups is 1. The molecule has 4 rings (SSSR count). The number of nitro benzene ring substituents is 1. The lowest BCUT2D eigenvalue weighted by molar-refractivity contribution is -0.384. The molecule has 0 fully saturated rings. The Kier molecular flexibility index (Phi) is 9.97. The van der Waals surface area contributed by atoms with E-state index in [0.29, 0.717) is 30.2 Å². The number of hydrogen-bond acceptors (Lipinski definition) is 5. The van der Waals surface area contributed by atoms with Crippen molar-refractivity contribution in [1.29, 1.82) is 0 Å². The van der Waals surface area contributed by atoms with Crippen molar-refractivity contribution in [2.75, 3.05) is 13.2 Å². The molecule has 0 atom stereocenters. The zero-order valence-corrected chi connectivity index (χ0v) is 27.0. The summed E-state index contributed by atoms with van der Waals surface area (Å²) >= 11 is 0. The van der Waals surface area contributed by atoms with Crippen molar-refractivity contribution in [3.63, 3.8) is 0 Å². The maximum atomic E-state index is 13.3. The molecule has 4 aromatic rings. The molecule has 0 unspecified atom stereocenters. The summed E-state index contributed by atoms with van der Waals surface area (Å²) in [6.45, 7) is 14.5. The Morgan fingerprint density at radius 3 is 2.30 bits per heavy atom. The molecule has 0 radical (unpaired) electrons. The van der Waals surface area contributed by atoms with Crippen molar-refractivity contribution in [2.24, 2.45) is 7.05 Å². The second kappa shape index (κ2) is 13.5. The molecule has 2 heterocycles. The topological polar surface area (TPSA) is 104 Å². The van der Waals surface area contributed by atoms with Crippen molar-refractivity contribution in [1.82, 2.24) is 19.7 Å². The van der Waals surface area contributed by atoms with Crippen LogP contribution in [0.15, 0.2) is 66.9 Å². The normalized spacial score (nSPS) is 11.9. The van der Waals surface area contributed by atoms with Gasteiger partial charge in [0.25, 0.3) is 11.6 Å². The van der Waals surface area contributed by atoms with E-state index in [9.17, 15) is 14.9 Å². The minimum absolute atomic E-state index is 0.00592. The number of hydrogen-bond donors (Lipinski definition) is 1. The van der Waals surface area contributed by atoms with E-state index in [2.05, 4.69) is 70.2 Å². The van der Waals surface area contributed by atoms with E-state index in [-0.39, 0.29) is 22.4 Å². The Morgan fingerprint density at radius 2 is 1.68 bits per heavy atom. The summed E-state index contributed by atoms with van der Waals surface area (Å²) in [5.74, 6) is 0.662. The number of carbonyl (C=O) groups excluding carboxylic acids is 1. The Labute approximate surface area is 260 Å². The quantitative estimate of drug-likeness (QED) is 0.0907. The van der Waals surface area contributed by atoms with Crippen LogP contribution in [-0.4, -0.2) is 38.3 Å². The van der Waals surface area contributed by atoms with Crippen LogP contribution in [0.2, 0.25) is 0 Å². The van der Waals surface area contributed by atoms with Gasteiger partial charge in [-0.15, -0.1) is 0 Å². The lowest BCUT2D eigenvalue weighted by Gasteiger charge is -2.30. The summed E-state index contributed by atoms with van der Waals surface area (Å²) in [6, 6.07) is 18.2. The van der Waals surface area contributed by atoms with Crippen LogP contribution in [0.1, 0.15) is 88.8 Å². The van der Waals surface area contributed by atoms with Crippen LogP contribution in [0.5, 0.6) is 5.75 Å². The monoisotopic (exact) mass is 599 g/mol. The van der Waals surface area contributed by atoms with Crippen LogP contribution in [0.4, 0.5) is 5.69 Å². The number of non-ortho nitro benzene ring substituents is 1. The summed E-state index contributed by atoms with van der Waals surface area (Å²) in [6.07, 6.45) is 5.51. The van der Waals surface area contributed by atoms with Gasteiger partial charge >= 0.3 is 0 Å². The number of unbranched alkanes of at least 4 members (excludes halogenated alkanes) is 1. The van der Waals surface area contributed by atoms with E-state index < -0.39 is 4.92 Å². The molecule has 9 nitrogen and oxygen atoms in total. The average Bonchev–Trinajstić information content (AvgIpc) is 3.65. The number of carbonyl (C=O) groups is 1. The number of nitrogens with zero attached hydrogens (tertiary/aromatic N) is 4. The standard InChI is InChI=1S/C35H45N5O4/c1-8-34(3,4)25-14-19-32(28(23-25)35(5,6)9-2)44-22-11-10-20-36-33(41)31-24-29(30-13-12-21-38(30)7)37-39(31)26-15-17-27(18-16-26)40(42)43/h12-19,21,23-24H,8-11,20,22H2,1-7H3,(H,36,41). The first kappa shape index (κ1) is 32.5. The highest BCUT2D eigenvalue weighted by Gasteiger charge is 2.26. The summed E-state index contributed by atoms with van der Waals surface area (Å²) in [7, 11) is 1.91. The fourth-order valence-corrected chi connectivity index (χ4v) is 5.01. The van der Waals surface area contributed by atoms with Gasteiger partial charge in [-0.1, -0.05) is 53.7 Å². The maximum absolute atomic E-state index is 13.3. The third kappa shape index (κ3) is 7.21. The lowest BCUT2D eigenvalue weighted by Crippen LogP contribution is -2.27. The van der Waals surface area contributed by atoms with Gasteiger partial charge in [-0.2, -0.15) is 5.10 Å². The first-order valence-electron chi connectivity index (χ1n) is 15.4. The van der Waals surface area contributed by atoms with Gasteiger partial charge in [-0.25, -0.2) is 4.68 Å². The number of ether oxygens (including phenoxy) is 1. The first-order valence-corrected chi connectivity index (χ1v) is 15.4. The summed E-state index contributed by atoms with van der Waals surface area (Å²) < 4.78 is 9.76. The molecule has 0 aliphatic carbocycles. The van der Waals surface area contributed by atoms with Gasteiger partial charge < -0.3 is 14.6 Å². The molecule has 0 saturated heterocycles. The Balaban J connectivity index is 1.41. The lowest BCUT2D eigenvalue weighted by atomic mass is 9.76. The van der Waals surface area contributed by atoms with Crippen molar-refractivity contribution in [2.45, 2.75) is 78.1 Å². The molecule has 1 N–H and O–H groups in total. The second-order valence-corrected chi connectivity index (χ2v) is 12.6. The first-order chi connectivity index (χ1) is 20.9. The van der Waals surface area contributed by atoms with E-state index in [1.54, 1.807) is 18.2 Å². The van der Waals surface area contributed by atoms with Gasteiger partial charge in [-0.05, 0) is 78.5 Å². The molecule has 44 heavy (non-hydrogen) atoms. The molecular weight excluding hydrogens is 554 g/mol. The molecule has 234 valence electrons. The smallest absolute Gasteiger partial charge is 0.270 e. The van der Waals surface area contributed by atoms with Crippen LogP contribution >= 0.6 is 0 Å². The fraction of sp³-hybridized carbons (Fsp3) is 0.429. The molecule has 2 aromatic carbocycles. The number of aryl methyl sites for hydroxylation is 1. The van der Waals surface area contributed by atoms with Crippen LogP contribution < -0.4 is 10.1 Å². The highest BCUT2D eigenvalue weighted by molar-refractivity contribution is 5.94. The minimum Gasteiger partial charge on any atom is -0.493 e. The summed E-state index contributed by atoms with van der Waals surface area (Å²) in [4.78, 5) is 24.0. The minimum atomic E-state index is -0.451. The Hall–Kier alpha value is -4.40. The van der Waals surface area contributed by atoms with Gasteiger partial charge in [0.1, 0.15) is 17.1 Å². The molecule has 2 aromatic heterocycles. The number of rotatable bonds is 14. The molecule has 0 aliphatic heterocycles. The largest absolute Gasteiger partial charge is 0.493 e. The zero-order valence-electron chi connectivity index (χ0n) is 27.0.